The summed E-state index contributed by atoms with van der Waals surface area (Å²) >= 11 is 0. The molecule has 1 unspecified atom stereocenters. The lowest BCUT2D eigenvalue weighted by Gasteiger charge is -2.15. The molecule has 0 aromatic heterocycles. The monoisotopic (exact) mass is 235 g/mol. The zero-order chi connectivity index (χ0) is 12.7. The van der Waals surface area contributed by atoms with Gasteiger partial charge in [-0.25, -0.2) is 0 Å². The van der Waals surface area contributed by atoms with E-state index in [1.807, 2.05) is 26.0 Å². The Balaban J connectivity index is 2.48. The van der Waals surface area contributed by atoms with Crippen molar-refractivity contribution in [3.63, 3.8) is 0 Å². The van der Waals surface area contributed by atoms with Crippen molar-refractivity contribution in [2.75, 3.05) is 6.54 Å². The van der Waals surface area contributed by atoms with Gasteiger partial charge in [0.2, 0.25) is 0 Å². The molecule has 1 aromatic rings. The summed E-state index contributed by atoms with van der Waals surface area (Å²) in [6.45, 7) is 9.59. The minimum absolute atomic E-state index is 0.237. The number of rotatable bonds is 7. The molecule has 0 spiro atoms. The second-order valence-corrected chi connectivity index (χ2v) is 4.77. The molecule has 0 saturated heterocycles. The van der Waals surface area contributed by atoms with Crippen LogP contribution in [0.2, 0.25) is 0 Å². The first-order valence-corrected chi connectivity index (χ1v) is 6.63. The zero-order valence-electron chi connectivity index (χ0n) is 11.5. The highest BCUT2D eigenvalue weighted by atomic mass is 16.5. The van der Waals surface area contributed by atoms with Crippen LogP contribution in [0.4, 0.5) is 0 Å². The lowest BCUT2D eigenvalue weighted by Crippen LogP contribution is -2.19. The van der Waals surface area contributed by atoms with Crippen LogP contribution in [0.15, 0.2) is 24.3 Å². The molecule has 96 valence electrons. The molecule has 1 atom stereocenters. The van der Waals surface area contributed by atoms with Crippen LogP contribution in [0.25, 0.3) is 0 Å². The lowest BCUT2D eigenvalue weighted by atomic mass is 10.1. The summed E-state index contributed by atoms with van der Waals surface area (Å²) in [6, 6.07) is 8.79. The number of unbranched alkanes of at least 4 members (excludes halogenated alkanes) is 1. The van der Waals surface area contributed by atoms with Crippen LogP contribution in [-0.4, -0.2) is 12.6 Å². The summed E-state index contributed by atoms with van der Waals surface area (Å²) in [5.41, 5.74) is 1.32. The first-order chi connectivity index (χ1) is 8.13. The second kappa shape index (κ2) is 7.33. The quantitative estimate of drug-likeness (QED) is 0.723. The van der Waals surface area contributed by atoms with Gasteiger partial charge in [-0.1, -0.05) is 25.5 Å². The molecular formula is C15H25NO. The minimum Gasteiger partial charge on any atom is -0.491 e. The molecule has 0 aliphatic carbocycles. The average molecular weight is 235 g/mol. The molecule has 1 N–H and O–H groups in total. The predicted molar refractivity (Wildman–Crippen MR) is 73.5 cm³/mol. The molecule has 1 aromatic carbocycles. The van der Waals surface area contributed by atoms with E-state index in [0.29, 0.717) is 6.04 Å². The van der Waals surface area contributed by atoms with E-state index >= 15 is 0 Å². The van der Waals surface area contributed by atoms with Gasteiger partial charge >= 0.3 is 0 Å². The first-order valence-electron chi connectivity index (χ1n) is 6.63. The van der Waals surface area contributed by atoms with Gasteiger partial charge in [-0.3, -0.25) is 0 Å². The molecule has 2 heteroatoms. The van der Waals surface area contributed by atoms with Crippen LogP contribution in [-0.2, 0) is 0 Å². The Bertz CT molecular complexity index is 305. The molecule has 1 rings (SSSR count). The maximum absolute atomic E-state index is 5.63. The third kappa shape index (κ3) is 5.22. The van der Waals surface area contributed by atoms with Crippen LogP contribution >= 0.6 is 0 Å². The topological polar surface area (TPSA) is 21.3 Å². The molecule has 0 radical (unpaired) electrons. The summed E-state index contributed by atoms with van der Waals surface area (Å²) in [5, 5.41) is 3.52. The van der Waals surface area contributed by atoms with E-state index in [-0.39, 0.29) is 6.10 Å². The Morgan fingerprint density at radius 1 is 1.12 bits per heavy atom. The van der Waals surface area contributed by atoms with Gasteiger partial charge in [0.05, 0.1) is 6.10 Å². The molecule has 0 saturated carbocycles. The normalized spacial score (nSPS) is 12.8. The van der Waals surface area contributed by atoms with Gasteiger partial charge in [0.25, 0.3) is 0 Å². The molecule has 0 bridgehead atoms. The molecular weight excluding hydrogens is 210 g/mol. The van der Waals surface area contributed by atoms with E-state index in [9.17, 15) is 0 Å². The van der Waals surface area contributed by atoms with Crippen molar-refractivity contribution in [3.05, 3.63) is 29.8 Å². The van der Waals surface area contributed by atoms with Crippen LogP contribution < -0.4 is 10.1 Å². The maximum atomic E-state index is 5.63. The number of ether oxygens (including phenoxy) is 1. The third-order valence-electron chi connectivity index (χ3n) is 2.73. The van der Waals surface area contributed by atoms with Gasteiger partial charge in [0.1, 0.15) is 5.75 Å². The van der Waals surface area contributed by atoms with Crippen molar-refractivity contribution in [3.8, 4) is 5.75 Å². The molecule has 17 heavy (non-hydrogen) atoms. The highest BCUT2D eigenvalue weighted by Crippen LogP contribution is 2.18. The van der Waals surface area contributed by atoms with Crippen molar-refractivity contribution in [1.29, 1.82) is 0 Å². The van der Waals surface area contributed by atoms with Crippen molar-refractivity contribution in [2.24, 2.45) is 0 Å². The summed E-state index contributed by atoms with van der Waals surface area (Å²) in [6.07, 6.45) is 2.71. The van der Waals surface area contributed by atoms with Gasteiger partial charge in [-0.2, -0.15) is 0 Å². The van der Waals surface area contributed by atoms with Gasteiger partial charge in [-0.05, 0) is 51.4 Å². The van der Waals surface area contributed by atoms with E-state index < -0.39 is 0 Å². The van der Waals surface area contributed by atoms with Gasteiger partial charge < -0.3 is 10.1 Å². The van der Waals surface area contributed by atoms with Crippen molar-refractivity contribution < 1.29 is 4.74 Å². The predicted octanol–water partition coefficient (Wildman–Crippen LogP) is 3.92. The van der Waals surface area contributed by atoms with Gasteiger partial charge in [-0.15, -0.1) is 0 Å². The molecule has 0 aliphatic heterocycles. The fourth-order valence-electron chi connectivity index (χ4n) is 1.72. The van der Waals surface area contributed by atoms with E-state index in [1.54, 1.807) is 0 Å². The van der Waals surface area contributed by atoms with Crippen molar-refractivity contribution in [2.45, 2.75) is 52.7 Å². The number of nitrogens with one attached hydrogen (secondary N) is 1. The summed E-state index contributed by atoms with van der Waals surface area (Å²) in [4.78, 5) is 0. The van der Waals surface area contributed by atoms with Crippen LogP contribution in [0, 0.1) is 0 Å². The minimum atomic E-state index is 0.237. The van der Waals surface area contributed by atoms with Crippen LogP contribution in [0.5, 0.6) is 5.75 Å². The number of hydrogen-bond donors (Lipinski definition) is 1. The number of benzene rings is 1. The fourth-order valence-corrected chi connectivity index (χ4v) is 1.72. The van der Waals surface area contributed by atoms with Crippen molar-refractivity contribution >= 4 is 0 Å². The largest absolute Gasteiger partial charge is 0.491 e. The van der Waals surface area contributed by atoms with E-state index in [0.717, 1.165) is 12.3 Å². The second-order valence-electron chi connectivity index (χ2n) is 4.77. The molecule has 0 aliphatic rings. The lowest BCUT2D eigenvalue weighted by molar-refractivity contribution is 0.242. The molecule has 0 fully saturated rings. The Labute approximate surface area is 105 Å². The van der Waals surface area contributed by atoms with E-state index in [1.165, 1.54) is 18.4 Å². The fraction of sp³-hybridized carbons (Fsp3) is 0.600. The first kappa shape index (κ1) is 14.0. The molecule has 0 heterocycles. The summed E-state index contributed by atoms with van der Waals surface area (Å²) in [5.74, 6) is 0.949. The smallest absolute Gasteiger partial charge is 0.119 e. The summed E-state index contributed by atoms with van der Waals surface area (Å²) < 4.78 is 5.63. The molecule has 2 nitrogen and oxygen atoms in total. The van der Waals surface area contributed by atoms with Crippen molar-refractivity contribution in [1.82, 2.24) is 5.32 Å². The van der Waals surface area contributed by atoms with E-state index in [4.69, 9.17) is 4.74 Å². The van der Waals surface area contributed by atoms with E-state index in [2.05, 4.69) is 31.3 Å². The Morgan fingerprint density at radius 3 is 2.29 bits per heavy atom. The standard InChI is InChI=1S/C15H25NO/c1-5-6-11-16-13(4)14-7-9-15(10-8-14)17-12(2)3/h7-10,12-13,16H,5-6,11H2,1-4H3. The number of hydrogen-bond acceptors (Lipinski definition) is 2. The molecule has 0 amide bonds. The van der Waals surface area contributed by atoms with Crippen LogP contribution in [0.3, 0.4) is 0 Å². The van der Waals surface area contributed by atoms with Gasteiger partial charge in [0.15, 0.2) is 0 Å². The maximum Gasteiger partial charge on any atom is 0.119 e. The summed E-state index contributed by atoms with van der Waals surface area (Å²) in [7, 11) is 0. The average Bonchev–Trinajstić information content (AvgIpc) is 2.29. The van der Waals surface area contributed by atoms with Gasteiger partial charge in [0, 0.05) is 6.04 Å². The van der Waals surface area contributed by atoms with Crippen LogP contribution in [0.1, 0.15) is 52.1 Å². The Kier molecular flexibility index (Phi) is 6.06. The Morgan fingerprint density at radius 2 is 1.76 bits per heavy atom. The SMILES string of the molecule is CCCCNC(C)c1ccc(OC(C)C)cc1. The third-order valence-corrected chi connectivity index (χ3v) is 2.73. The highest BCUT2D eigenvalue weighted by Gasteiger charge is 2.04. The zero-order valence-corrected chi connectivity index (χ0v) is 11.5. The highest BCUT2D eigenvalue weighted by molar-refractivity contribution is 5.29. The Hall–Kier alpha value is -1.02.